The van der Waals surface area contributed by atoms with Gasteiger partial charge in [-0.15, -0.1) is 0 Å². The van der Waals surface area contributed by atoms with Crippen LogP contribution < -0.4 is 21.3 Å². The number of nitrogens with two attached hydrogens (primary N) is 1. The molecule has 1 aromatic carbocycles. The molecule has 1 aromatic heterocycles. The minimum Gasteiger partial charge on any atom is -0.495 e. The second kappa shape index (κ2) is 5.47. The number of aromatic nitrogens is 2. The van der Waals surface area contributed by atoms with Crippen LogP contribution in [0, 0.1) is 0 Å². The summed E-state index contributed by atoms with van der Waals surface area (Å²) in [6, 6.07) is 5.89. The molecule has 6 heteroatoms. The van der Waals surface area contributed by atoms with Gasteiger partial charge in [0.2, 0.25) is 0 Å². The molecule has 1 heterocycles. The Bertz CT molecular complexity index is 707. The van der Waals surface area contributed by atoms with Crippen LogP contribution in [-0.4, -0.2) is 16.7 Å². The molecule has 0 spiro atoms. The van der Waals surface area contributed by atoms with Gasteiger partial charge in [0, 0.05) is 25.0 Å². The van der Waals surface area contributed by atoms with Crippen molar-refractivity contribution in [3.63, 3.8) is 0 Å². The highest BCUT2D eigenvalue weighted by Crippen LogP contribution is 2.33. The van der Waals surface area contributed by atoms with E-state index in [0.717, 1.165) is 18.4 Å². The Balaban J connectivity index is 1.74. The predicted molar refractivity (Wildman–Crippen MR) is 81.5 cm³/mol. The summed E-state index contributed by atoms with van der Waals surface area (Å²) in [5, 5.41) is 3.08. The van der Waals surface area contributed by atoms with E-state index in [4.69, 9.17) is 10.5 Å². The van der Waals surface area contributed by atoms with Crippen molar-refractivity contribution >= 4 is 11.5 Å². The van der Waals surface area contributed by atoms with Gasteiger partial charge in [0.15, 0.2) is 5.82 Å². The van der Waals surface area contributed by atoms with Gasteiger partial charge in [-0.05, 0) is 30.5 Å². The van der Waals surface area contributed by atoms with Crippen molar-refractivity contribution in [2.24, 2.45) is 0 Å². The number of benzene rings is 1. The van der Waals surface area contributed by atoms with Gasteiger partial charge in [-0.1, -0.05) is 6.07 Å². The van der Waals surface area contributed by atoms with Crippen molar-refractivity contribution in [1.82, 2.24) is 9.55 Å². The molecular weight excluding hydrogens is 268 g/mol. The fraction of sp³-hybridized carbons (Fsp3) is 0.333. The molecule has 0 bridgehead atoms. The van der Waals surface area contributed by atoms with Crippen molar-refractivity contribution < 1.29 is 4.74 Å². The molecule has 3 N–H and O–H groups in total. The van der Waals surface area contributed by atoms with Crippen LogP contribution in [0.5, 0.6) is 5.75 Å². The first-order valence-corrected chi connectivity index (χ1v) is 6.92. The number of nitrogens with zero attached hydrogens (tertiary/aromatic N) is 2. The van der Waals surface area contributed by atoms with Gasteiger partial charge in [-0.3, -0.25) is 4.79 Å². The van der Waals surface area contributed by atoms with E-state index >= 15 is 0 Å². The molecule has 2 aromatic rings. The van der Waals surface area contributed by atoms with E-state index in [-0.39, 0.29) is 5.56 Å². The fourth-order valence-corrected chi connectivity index (χ4v) is 2.27. The van der Waals surface area contributed by atoms with Gasteiger partial charge in [-0.25, -0.2) is 4.98 Å². The summed E-state index contributed by atoms with van der Waals surface area (Å²) in [6.45, 7) is 0.491. The molecule has 0 radical (unpaired) electrons. The van der Waals surface area contributed by atoms with E-state index in [1.54, 1.807) is 24.1 Å². The van der Waals surface area contributed by atoms with E-state index in [1.807, 2.05) is 18.2 Å². The number of rotatable bonds is 5. The average molecular weight is 286 g/mol. The number of anilines is 2. The third-order valence-electron chi connectivity index (χ3n) is 3.56. The predicted octanol–water partition coefficient (Wildman–Crippen LogP) is 1.78. The Kier molecular flexibility index (Phi) is 3.51. The quantitative estimate of drug-likeness (QED) is 0.819. The maximum atomic E-state index is 12.2. The van der Waals surface area contributed by atoms with E-state index in [0.29, 0.717) is 29.8 Å². The summed E-state index contributed by atoms with van der Waals surface area (Å²) < 4.78 is 6.87. The monoisotopic (exact) mass is 286 g/mol. The van der Waals surface area contributed by atoms with Crippen LogP contribution in [0.25, 0.3) is 0 Å². The van der Waals surface area contributed by atoms with Crippen LogP contribution in [0.4, 0.5) is 11.5 Å². The number of nitrogens with one attached hydrogen (secondary N) is 1. The van der Waals surface area contributed by atoms with E-state index < -0.39 is 0 Å². The molecule has 21 heavy (non-hydrogen) atoms. The molecule has 110 valence electrons. The summed E-state index contributed by atoms with van der Waals surface area (Å²) >= 11 is 0. The minimum atomic E-state index is -0.0681. The largest absolute Gasteiger partial charge is 0.495 e. The number of nitrogen functional groups attached to an aromatic ring is 1. The Hall–Kier alpha value is -2.50. The molecule has 6 nitrogen and oxygen atoms in total. The molecule has 0 atom stereocenters. The summed E-state index contributed by atoms with van der Waals surface area (Å²) in [6.07, 6.45) is 5.54. The second-order valence-electron chi connectivity index (χ2n) is 5.15. The summed E-state index contributed by atoms with van der Waals surface area (Å²) in [4.78, 5) is 16.4. The van der Waals surface area contributed by atoms with Crippen LogP contribution in [0.2, 0.25) is 0 Å². The highest BCUT2D eigenvalue weighted by Gasteiger charge is 2.25. The third kappa shape index (κ3) is 2.84. The fourth-order valence-electron chi connectivity index (χ4n) is 2.27. The Morgan fingerprint density at radius 1 is 1.48 bits per heavy atom. The van der Waals surface area contributed by atoms with Gasteiger partial charge in [-0.2, -0.15) is 0 Å². The van der Waals surface area contributed by atoms with Gasteiger partial charge in [0.1, 0.15) is 5.75 Å². The van der Waals surface area contributed by atoms with Gasteiger partial charge in [0.05, 0.1) is 12.8 Å². The lowest BCUT2D eigenvalue weighted by Gasteiger charge is -2.10. The molecule has 0 amide bonds. The van der Waals surface area contributed by atoms with Crippen molar-refractivity contribution in [2.75, 3.05) is 18.2 Å². The van der Waals surface area contributed by atoms with Gasteiger partial charge < -0.3 is 20.4 Å². The van der Waals surface area contributed by atoms with Crippen molar-refractivity contribution in [1.29, 1.82) is 0 Å². The lowest BCUT2D eigenvalue weighted by Crippen LogP contribution is -2.23. The molecular formula is C15H18N4O2. The standard InChI is InChI=1S/C15H18N4O2/c1-21-13-5-2-10(8-12(13)16)9-18-14-15(20)19(7-6-17-14)11-3-4-11/h2,5-8,11H,3-4,9,16H2,1H3,(H,17,18). The smallest absolute Gasteiger partial charge is 0.293 e. The molecule has 1 fully saturated rings. The highest BCUT2D eigenvalue weighted by molar-refractivity contribution is 5.54. The van der Waals surface area contributed by atoms with E-state index in [2.05, 4.69) is 10.3 Å². The number of methoxy groups -OCH3 is 1. The van der Waals surface area contributed by atoms with Crippen molar-refractivity contribution in [2.45, 2.75) is 25.4 Å². The molecule has 0 aliphatic heterocycles. The zero-order valence-corrected chi connectivity index (χ0v) is 11.9. The molecule has 1 saturated carbocycles. The minimum absolute atomic E-state index is 0.0681. The number of hydrogen-bond acceptors (Lipinski definition) is 5. The van der Waals surface area contributed by atoms with Crippen LogP contribution >= 0.6 is 0 Å². The highest BCUT2D eigenvalue weighted by atomic mass is 16.5. The summed E-state index contributed by atoms with van der Waals surface area (Å²) in [5.41, 5.74) is 7.35. The van der Waals surface area contributed by atoms with Gasteiger partial charge in [0.25, 0.3) is 5.56 Å². The first-order chi connectivity index (χ1) is 10.2. The first kappa shape index (κ1) is 13.5. The topological polar surface area (TPSA) is 82.2 Å². The van der Waals surface area contributed by atoms with Crippen LogP contribution in [0.3, 0.4) is 0 Å². The maximum Gasteiger partial charge on any atom is 0.293 e. The van der Waals surface area contributed by atoms with Crippen LogP contribution in [0.1, 0.15) is 24.4 Å². The zero-order valence-electron chi connectivity index (χ0n) is 11.9. The summed E-state index contributed by atoms with van der Waals surface area (Å²) in [5.74, 6) is 1.02. The Morgan fingerprint density at radius 3 is 2.95 bits per heavy atom. The molecule has 1 aliphatic rings. The normalized spacial score (nSPS) is 14.0. The maximum absolute atomic E-state index is 12.2. The molecule has 3 rings (SSSR count). The lowest BCUT2D eigenvalue weighted by atomic mass is 10.2. The van der Waals surface area contributed by atoms with Crippen molar-refractivity contribution in [3.05, 3.63) is 46.5 Å². The van der Waals surface area contributed by atoms with E-state index in [9.17, 15) is 4.79 Å². The zero-order chi connectivity index (χ0) is 14.8. The Morgan fingerprint density at radius 2 is 2.29 bits per heavy atom. The van der Waals surface area contributed by atoms with Crippen LogP contribution in [-0.2, 0) is 6.54 Å². The van der Waals surface area contributed by atoms with Crippen molar-refractivity contribution in [3.8, 4) is 5.75 Å². The SMILES string of the molecule is COc1ccc(CNc2nccn(C3CC3)c2=O)cc1N. The number of hydrogen-bond donors (Lipinski definition) is 2. The molecule has 0 unspecified atom stereocenters. The molecule has 1 aliphatic carbocycles. The molecule has 0 saturated heterocycles. The third-order valence-corrected chi connectivity index (χ3v) is 3.56. The van der Waals surface area contributed by atoms with E-state index in [1.165, 1.54) is 0 Å². The van der Waals surface area contributed by atoms with Crippen LogP contribution in [0.15, 0.2) is 35.4 Å². The summed E-state index contributed by atoms with van der Waals surface area (Å²) in [7, 11) is 1.58. The Labute approximate surface area is 122 Å². The first-order valence-electron chi connectivity index (χ1n) is 6.92. The average Bonchev–Trinajstić information content (AvgIpc) is 3.31. The van der Waals surface area contributed by atoms with Gasteiger partial charge >= 0.3 is 0 Å². The second-order valence-corrected chi connectivity index (χ2v) is 5.15. The lowest BCUT2D eigenvalue weighted by molar-refractivity contribution is 0.417. The number of ether oxygens (including phenoxy) is 1.